The maximum absolute atomic E-state index is 13.6. The molecule has 0 atom stereocenters. The van der Waals surface area contributed by atoms with Crippen molar-refractivity contribution in [3.63, 3.8) is 0 Å². The molecular weight excluding hydrogens is 240 g/mol. The van der Waals surface area contributed by atoms with E-state index in [1.54, 1.807) is 6.92 Å². The van der Waals surface area contributed by atoms with Gasteiger partial charge >= 0.3 is 0 Å². The molecule has 0 radical (unpaired) electrons. The maximum atomic E-state index is 13.6. The molecule has 0 bridgehead atoms. The molecule has 0 unspecified atom stereocenters. The van der Waals surface area contributed by atoms with Gasteiger partial charge in [0.25, 0.3) is 5.91 Å². The quantitative estimate of drug-likeness (QED) is 0.882. The summed E-state index contributed by atoms with van der Waals surface area (Å²) in [4.78, 5) is 18.7. The predicted molar refractivity (Wildman–Crippen MR) is 60.6 cm³/mol. The number of benzene rings is 1. The summed E-state index contributed by atoms with van der Waals surface area (Å²) in [6, 6.07) is 4.59. The van der Waals surface area contributed by atoms with Crippen LogP contribution in [0.3, 0.4) is 0 Å². The average Bonchev–Trinajstić information content (AvgIpc) is 2.27. The molecule has 1 heterocycles. The fourth-order valence-electron chi connectivity index (χ4n) is 1.51. The third-order valence-corrected chi connectivity index (χ3v) is 2.28. The third kappa shape index (κ3) is 2.32. The minimum atomic E-state index is -0.803. The number of nitrogens with zero attached hydrogens (tertiary/aromatic N) is 2. The second kappa shape index (κ2) is 4.48. The molecule has 0 aliphatic carbocycles. The van der Waals surface area contributed by atoms with E-state index >= 15 is 0 Å². The van der Waals surface area contributed by atoms with Gasteiger partial charge in [-0.25, -0.2) is 18.7 Å². The lowest BCUT2D eigenvalue weighted by atomic mass is 10.1. The molecule has 4 nitrogen and oxygen atoms in total. The van der Waals surface area contributed by atoms with Crippen molar-refractivity contribution in [3.8, 4) is 11.3 Å². The van der Waals surface area contributed by atoms with E-state index < -0.39 is 17.5 Å². The van der Waals surface area contributed by atoms with Crippen LogP contribution < -0.4 is 5.73 Å². The van der Waals surface area contributed by atoms with Crippen molar-refractivity contribution >= 4 is 5.91 Å². The van der Waals surface area contributed by atoms with Gasteiger partial charge in [0.05, 0.1) is 5.69 Å². The number of hydrogen-bond donors (Lipinski definition) is 1. The summed E-state index contributed by atoms with van der Waals surface area (Å²) < 4.78 is 26.4. The Morgan fingerprint density at radius 1 is 1.22 bits per heavy atom. The molecule has 2 aromatic rings. The second-order valence-electron chi connectivity index (χ2n) is 3.71. The van der Waals surface area contributed by atoms with Crippen molar-refractivity contribution < 1.29 is 13.6 Å². The highest BCUT2D eigenvalue weighted by atomic mass is 19.1. The van der Waals surface area contributed by atoms with Gasteiger partial charge in [0.2, 0.25) is 5.82 Å². The normalized spacial score (nSPS) is 10.4. The van der Waals surface area contributed by atoms with Crippen LogP contribution in [0.25, 0.3) is 11.3 Å². The first-order valence-corrected chi connectivity index (χ1v) is 5.08. The van der Waals surface area contributed by atoms with Crippen LogP contribution in [0.5, 0.6) is 0 Å². The van der Waals surface area contributed by atoms with Crippen LogP contribution in [0.1, 0.15) is 16.3 Å². The van der Waals surface area contributed by atoms with Crippen molar-refractivity contribution in [1.82, 2.24) is 9.97 Å². The van der Waals surface area contributed by atoms with E-state index in [1.165, 1.54) is 12.1 Å². The topological polar surface area (TPSA) is 68.9 Å². The molecule has 0 spiro atoms. The second-order valence-corrected chi connectivity index (χ2v) is 3.71. The Morgan fingerprint density at radius 3 is 2.56 bits per heavy atom. The number of carbonyl (C=O) groups excluding carboxylic acids is 1. The van der Waals surface area contributed by atoms with E-state index in [4.69, 9.17) is 5.73 Å². The lowest BCUT2D eigenvalue weighted by molar-refractivity contribution is 0.0990. The summed E-state index contributed by atoms with van der Waals surface area (Å²) in [5.74, 6) is -2.45. The minimum Gasteiger partial charge on any atom is -0.363 e. The van der Waals surface area contributed by atoms with Gasteiger partial charge in [-0.3, -0.25) is 4.79 Å². The molecule has 1 aromatic heterocycles. The molecule has 1 aromatic carbocycles. The number of primary amides is 1. The highest BCUT2D eigenvalue weighted by Crippen LogP contribution is 2.22. The summed E-state index contributed by atoms with van der Waals surface area (Å²) in [7, 11) is 0. The highest BCUT2D eigenvalue weighted by Gasteiger charge is 2.12. The van der Waals surface area contributed by atoms with E-state index in [2.05, 4.69) is 9.97 Å². The summed E-state index contributed by atoms with van der Waals surface area (Å²) in [6.07, 6.45) is 0. The first kappa shape index (κ1) is 12.1. The van der Waals surface area contributed by atoms with Gasteiger partial charge < -0.3 is 5.73 Å². The van der Waals surface area contributed by atoms with E-state index in [0.29, 0.717) is 5.69 Å². The number of rotatable bonds is 2. The Bertz CT molecular complexity index is 629. The largest absolute Gasteiger partial charge is 0.363 e. The number of aromatic nitrogens is 2. The number of carbonyl (C=O) groups is 1. The molecule has 6 heteroatoms. The molecule has 2 rings (SSSR count). The Balaban J connectivity index is 2.60. The van der Waals surface area contributed by atoms with Gasteiger partial charge in [0.15, 0.2) is 0 Å². The van der Waals surface area contributed by atoms with Crippen molar-refractivity contribution in [1.29, 1.82) is 0 Å². The van der Waals surface area contributed by atoms with Crippen LogP contribution >= 0.6 is 0 Å². The molecule has 92 valence electrons. The van der Waals surface area contributed by atoms with Crippen LogP contribution in [0.4, 0.5) is 8.78 Å². The van der Waals surface area contributed by atoms with Crippen molar-refractivity contribution in [2.45, 2.75) is 6.92 Å². The minimum absolute atomic E-state index is 0.0874. The molecular formula is C12H9F2N3O. The van der Waals surface area contributed by atoms with E-state index in [0.717, 1.165) is 12.1 Å². The predicted octanol–water partition coefficient (Wildman–Crippen LogP) is 1.83. The maximum Gasteiger partial charge on any atom is 0.286 e. The molecule has 18 heavy (non-hydrogen) atoms. The average molecular weight is 249 g/mol. The number of amides is 1. The summed E-state index contributed by atoms with van der Waals surface area (Å²) in [5, 5.41) is 0. The van der Waals surface area contributed by atoms with Crippen LogP contribution in [-0.2, 0) is 0 Å². The zero-order chi connectivity index (χ0) is 13.3. The highest BCUT2D eigenvalue weighted by molar-refractivity contribution is 5.89. The van der Waals surface area contributed by atoms with Gasteiger partial charge in [-0.05, 0) is 25.1 Å². The van der Waals surface area contributed by atoms with Gasteiger partial charge in [-0.2, -0.15) is 0 Å². The summed E-state index contributed by atoms with van der Waals surface area (Å²) in [6.45, 7) is 1.62. The van der Waals surface area contributed by atoms with Gasteiger partial charge in [0.1, 0.15) is 11.6 Å². The van der Waals surface area contributed by atoms with Gasteiger partial charge in [-0.1, -0.05) is 0 Å². The molecule has 0 aliphatic rings. The zero-order valence-electron chi connectivity index (χ0n) is 9.45. The molecule has 0 saturated carbocycles. The number of aryl methyl sites for hydroxylation is 1. The fourth-order valence-corrected chi connectivity index (χ4v) is 1.51. The fraction of sp³-hybridized carbons (Fsp3) is 0.0833. The summed E-state index contributed by atoms with van der Waals surface area (Å²) in [5.41, 5.74) is 5.82. The molecule has 0 saturated heterocycles. The third-order valence-electron chi connectivity index (χ3n) is 2.28. The standard InChI is InChI=1S/C12H9F2N3O/c1-6-4-10(17-12(16-6)11(15)18)8-3-2-7(13)5-9(8)14/h2-5H,1H3,(H2,15,18). The number of hydrogen-bond acceptors (Lipinski definition) is 3. The van der Waals surface area contributed by atoms with E-state index in [1.807, 2.05) is 0 Å². The van der Waals surface area contributed by atoms with Gasteiger partial charge in [-0.15, -0.1) is 0 Å². The smallest absolute Gasteiger partial charge is 0.286 e. The lowest BCUT2D eigenvalue weighted by Crippen LogP contribution is -2.16. The number of nitrogens with two attached hydrogens (primary N) is 1. The lowest BCUT2D eigenvalue weighted by Gasteiger charge is -2.05. The van der Waals surface area contributed by atoms with Crippen molar-refractivity contribution in [2.24, 2.45) is 5.73 Å². The zero-order valence-corrected chi connectivity index (χ0v) is 9.45. The van der Waals surface area contributed by atoms with E-state index in [9.17, 15) is 13.6 Å². The van der Waals surface area contributed by atoms with Crippen LogP contribution in [0.2, 0.25) is 0 Å². The molecule has 0 aliphatic heterocycles. The first-order valence-electron chi connectivity index (χ1n) is 5.08. The van der Waals surface area contributed by atoms with E-state index in [-0.39, 0.29) is 17.1 Å². The molecule has 1 amide bonds. The van der Waals surface area contributed by atoms with Crippen molar-refractivity contribution in [2.75, 3.05) is 0 Å². The Hall–Kier alpha value is -2.37. The molecule has 2 N–H and O–H groups in total. The van der Waals surface area contributed by atoms with Crippen LogP contribution in [0, 0.1) is 18.6 Å². The SMILES string of the molecule is Cc1cc(-c2ccc(F)cc2F)nc(C(N)=O)n1. The van der Waals surface area contributed by atoms with Crippen LogP contribution in [-0.4, -0.2) is 15.9 Å². The summed E-state index contributed by atoms with van der Waals surface area (Å²) >= 11 is 0. The van der Waals surface area contributed by atoms with Crippen LogP contribution in [0.15, 0.2) is 24.3 Å². The Morgan fingerprint density at radius 2 is 1.94 bits per heavy atom. The van der Waals surface area contributed by atoms with Gasteiger partial charge in [0, 0.05) is 17.3 Å². The van der Waals surface area contributed by atoms with Crippen molar-refractivity contribution in [3.05, 3.63) is 47.4 Å². The number of halogens is 2. The Kier molecular flexibility index (Phi) is 3.01. The molecule has 0 fully saturated rings. The monoisotopic (exact) mass is 249 g/mol. The Labute approximate surface area is 101 Å². The first-order chi connectivity index (χ1) is 8.47.